The molecule has 0 saturated carbocycles. The van der Waals surface area contributed by atoms with Crippen molar-refractivity contribution >= 4 is 5.91 Å². The molecule has 1 aliphatic rings. The van der Waals surface area contributed by atoms with E-state index in [-0.39, 0.29) is 17.8 Å². The van der Waals surface area contributed by atoms with Crippen LogP contribution in [-0.2, 0) is 4.74 Å². The standard InChI is InChI=1S/C20H23FN2O2/c21-18-9-7-17(8-10-18)20(24)22-11-4-12-23-13-14-25-19(15-23)16-5-2-1-3-6-16/h1-3,5-10,19H,4,11-15H2,(H,22,24). The number of amides is 1. The molecule has 0 radical (unpaired) electrons. The zero-order valence-electron chi connectivity index (χ0n) is 14.2. The van der Waals surface area contributed by atoms with Crippen molar-refractivity contribution < 1.29 is 13.9 Å². The third-order valence-corrected chi connectivity index (χ3v) is 4.37. The lowest BCUT2D eigenvalue weighted by atomic mass is 10.1. The number of benzene rings is 2. The molecule has 1 fully saturated rings. The summed E-state index contributed by atoms with van der Waals surface area (Å²) in [6.07, 6.45) is 0.984. The van der Waals surface area contributed by atoms with E-state index in [0.717, 1.165) is 32.7 Å². The molecule has 1 amide bonds. The van der Waals surface area contributed by atoms with Gasteiger partial charge in [-0.2, -0.15) is 0 Å². The fraction of sp³-hybridized carbons (Fsp3) is 0.350. The Labute approximate surface area is 147 Å². The number of hydrogen-bond donors (Lipinski definition) is 1. The van der Waals surface area contributed by atoms with Crippen LogP contribution < -0.4 is 5.32 Å². The van der Waals surface area contributed by atoms with Gasteiger partial charge in [-0.15, -0.1) is 0 Å². The van der Waals surface area contributed by atoms with Crippen LogP contribution in [-0.4, -0.2) is 43.6 Å². The van der Waals surface area contributed by atoms with E-state index in [1.807, 2.05) is 18.2 Å². The fourth-order valence-corrected chi connectivity index (χ4v) is 2.98. The number of nitrogens with one attached hydrogen (secondary N) is 1. The van der Waals surface area contributed by atoms with Crippen LogP contribution in [0.25, 0.3) is 0 Å². The molecule has 0 bridgehead atoms. The van der Waals surface area contributed by atoms with Crippen molar-refractivity contribution in [1.29, 1.82) is 0 Å². The van der Waals surface area contributed by atoms with Crippen LogP contribution in [0.1, 0.15) is 28.4 Å². The van der Waals surface area contributed by atoms with Crippen molar-refractivity contribution in [3.63, 3.8) is 0 Å². The van der Waals surface area contributed by atoms with Crippen LogP contribution in [0.3, 0.4) is 0 Å². The maximum absolute atomic E-state index is 12.9. The van der Waals surface area contributed by atoms with Gasteiger partial charge in [0.25, 0.3) is 5.91 Å². The third-order valence-electron chi connectivity index (χ3n) is 4.37. The van der Waals surface area contributed by atoms with E-state index in [1.165, 1.54) is 29.8 Å². The summed E-state index contributed by atoms with van der Waals surface area (Å²) in [5, 5.41) is 2.88. The Morgan fingerprint density at radius 3 is 2.68 bits per heavy atom. The summed E-state index contributed by atoms with van der Waals surface area (Å²) in [5.41, 5.74) is 1.69. The number of hydrogen-bond acceptors (Lipinski definition) is 3. The van der Waals surface area contributed by atoms with E-state index in [0.29, 0.717) is 12.1 Å². The van der Waals surface area contributed by atoms with Crippen LogP contribution in [0.15, 0.2) is 54.6 Å². The van der Waals surface area contributed by atoms with E-state index < -0.39 is 0 Å². The topological polar surface area (TPSA) is 41.6 Å². The molecule has 1 atom stereocenters. The van der Waals surface area contributed by atoms with Gasteiger partial charge in [0.05, 0.1) is 12.7 Å². The van der Waals surface area contributed by atoms with Gasteiger partial charge in [-0.05, 0) is 36.2 Å². The average molecular weight is 342 g/mol. The van der Waals surface area contributed by atoms with Gasteiger partial charge in [-0.1, -0.05) is 30.3 Å². The zero-order chi connectivity index (χ0) is 17.5. The number of morpholine rings is 1. The first-order valence-corrected chi connectivity index (χ1v) is 8.65. The minimum Gasteiger partial charge on any atom is -0.371 e. The Balaban J connectivity index is 1.40. The largest absolute Gasteiger partial charge is 0.371 e. The second kappa shape index (κ2) is 8.74. The Bertz CT molecular complexity index is 676. The summed E-state index contributed by atoms with van der Waals surface area (Å²) in [7, 11) is 0. The molecule has 2 aromatic carbocycles. The molecule has 5 heteroatoms. The van der Waals surface area contributed by atoms with Gasteiger partial charge in [0.15, 0.2) is 0 Å². The molecule has 1 heterocycles. The van der Waals surface area contributed by atoms with E-state index in [1.54, 1.807) is 0 Å². The maximum Gasteiger partial charge on any atom is 0.251 e. The third kappa shape index (κ3) is 5.11. The summed E-state index contributed by atoms with van der Waals surface area (Å²) in [5.74, 6) is -0.499. The first kappa shape index (κ1) is 17.6. The quantitative estimate of drug-likeness (QED) is 0.821. The molecule has 0 spiro atoms. The van der Waals surface area contributed by atoms with E-state index in [9.17, 15) is 9.18 Å². The van der Waals surface area contributed by atoms with Gasteiger partial charge in [0, 0.05) is 31.7 Å². The molecule has 1 saturated heterocycles. The molecule has 1 unspecified atom stereocenters. The van der Waals surface area contributed by atoms with E-state index in [2.05, 4.69) is 22.3 Å². The zero-order valence-corrected chi connectivity index (χ0v) is 14.2. The predicted molar refractivity (Wildman–Crippen MR) is 94.9 cm³/mol. The normalized spacial score (nSPS) is 18.0. The van der Waals surface area contributed by atoms with Crippen molar-refractivity contribution in [2.75, 3.05) is 32.8 Å². The average Bonchev–Trinajstić information content (AvgIpc) is 2.66. The second-order valence-electron chi connectivity index (χ2n) is 6.19. The SMILES string of the molecule is O=C(NCCCN1CCOC(c2ccccc2)C1)c1ccc(F)cc1. The summed E-state index contributed by atoms with van der Waals surface area (Å²) in [4.78, 5) is 14.3. The molecule has 132 valence electrons. The van der Waals surface area contributed by atoms with Crippen LogP contribution in [0.4, 0.5) is 4.39 Å². The molecular weight excluding hydrogens is 319 g/mol. The second-order valence-corrected chi connectivity index (χ2v) is 6.19. The number of rotatable bonds is 6. The minimum absolute atomic E-state index is 0.115. The Hall–Kier alpha value is -2.24. The van der Waals surface area contributed by atoms with Gasteiger partial charge < -0.3 is 10.1 Å². The van der Waals surface area contributed by atoms with E-state index in [4.69, 9.17) is 4.74 Å². The van der Waals surface area contributed by atoms with Crippen molar-refractivity contribution in [1.82, 2.24) is 10.2 Å². The highest BCUT2D eigenvalue weighted by molar-refractivity contribution is 5.94. The number of carbonyl (C=O) groups excluding carboxylic acids is 1. The Kier molecular flexibility index (Phi) is 6.14. The van der Waals surface area contributed by atoms with Gasteiger partial charge >= 0.3 is 0 Å². The molecule has 3 rings (SSSR count). The highest BCUT2D eigenvalue weighted by Crippen LogP contribution is 2.21. The van der Waals surface area contributed by atoms with Crippen molar-refractivity contribution in [2.45, 2.75) is 12.5 Å². The van der Waals surface area contributed by atoms with Crippen molar-refractivity contribution in [3.8, 4) is 0 Å². The van der Waals surface area contributed by atoms with Crippen LogP contribution >= 0.6 is 0 Å². The first-order valence-electron chi connectivity index (χ1n) is 8.65. The molecular formula is C20H23FN2O2. The molecule has 4 nitrogen and oxygen atoms in total. The smallest absolute Gasteiger partial charge is 0.251 e. The summed E-state index contributed by atoms with van der Waals surface area (Å²) in [6.45, 7) is 4.02. The van der Waals surface area contributed by atoms with Gasteiger partial charge in [-0.25, -0.2) is 4.39 Å². The number of ether oxygens (including phenoxy) is 1. The molecule has 25 heavy (non-hydrogen) atoms. The summed E-state index contributed by atoms with van der Waals surface area (Å²) in [6, 6.07) is 15.8. The van der Waals surface area contributed by atoms with Gasteiger partial charge in [0.1, 0.15) is 5.82 Å². The van der Waals surface area contributed by atoms with Crippen LogP contribution in [0.2, 0.25) is 0 Å². The number of carbonyl (C=O) groups is 1. The number of nitrogens with zero attached hydrogens (tertiary/aromatic N) is 1. The summed E-state index contributed by atoms with van der Waals surface area (Å²) >= 11 is 0. The monoisotopic (exact) mass is 342 g/mol. The summed E-state index contributed by atoms with van der Waals surface area (Å²) < 4.78 is 18.7. The lowest BCUT2D eigenvalue weighted by molar-refractivity contribution is -0.0301. The van der Waals surface area contributed by atoms with Crippen molar-refractivity contribution in [2.24, 2.45) is 0 Å². The predicted octanol–water partition coefficient (Wildman–Crippen LogP) is 3.02. The molecule has 1 N–H and O–H groups in total. The minimum atomic E-state index is -0.336. The van der Waals surface area contributed by atoms with Crippen molar-refractivity contribution in [3.05, 3.63) is 71.5 Å². The van der Waals surface area contributed by atoms with Crippen LogP contribution in [0, 0.1) is 5.82 Å². The van der Waals surface area contributed by atoms with Gasteiger partial charge in [0.2, 0.25) is 0 Å². The highest BCUT2D eigenvalue weighted by atomic mass is 19.1. The molecule has 0 aromatic heterocycles. The van der Waals surface area contributed by atoms with Crippen LogP contribution in [0.5, 0.6) is 0 Å². The molecule has 1 aliphatic heterocycles. The Morgan fingerprint density at radius 1 is 1.16 bits per heavy atom. The fourth-order valence-electron chi connectivity index (χ4n) is 2.98. The Morgan fingerprint density at radius 2 is 1.92 bits per heavy atom. The molecule has 0 aliphatic carbocycles. The molecule has 2 aromatic rings. The highest BCUT2D eigenvalue weighted by Gasteiger charge is 2.21. The number of halogens is 1. The lowest BCUT2D eigenvalue weighted by Gasteiger charge is -2.33. The van der Waals surface area contributed by atoms with Gasteiger partial charge in [-0.3, -0.25) is 9.69 Å². The first-order chi connectivity index (χ1) is 12.2. The lowest BCUT2D eigenvalue weighted by Crippen LogP contribution is -2.39. The maximum atomic E-state index is 12.9. The van der Waals surface area contributed by atoms with E-state index >= 15 is 0 Å².